The lowest BCUT2D eigenvalue weighted by Gasteiger charge is -2.13. The van der Waals surface area contributed by atoms with E-state index in [1.165, 1.54) is 0 Å². The summed E-state index contributed by atoms with van der Waals surface area (Å²) in [5, 5.41) is 5.78. The minimum Gasteiger partial charge on any atom is -0.378 e. The van der Waals surface area contributed by atoms with Crippen molar-refractivity contribution in [1.29, 1.82) is 0 Å². The zero-order valence-electron chi connectivity index (χ0n) is 14.7. The van der Waals surface area contributed by atoms with Gasteiger partial charge in [0.25, 0.3) is 0 Å². The van der Waals surface area contributed by atoms with Gasteiger partial charge in [-0.05, 0) is 55.3 Å². The number of aryl methyl sites for hydroxylation is 1. The smallest absolute Gasteiger partial charge is 0.228 e. The molecular formula is C20H23N3O2. The standard InChI is InChI=1S/C20H23N3O2/c1-13-5-4-6-15(11-13)22-20(25)18-12-17(18)19(24)21-14-7-9-16(10-8-14)23(2)3/h4-11,17-18H,12H2,1-3H3,(H,21,24)(H,22,25). The number of nitrogens with zero attached hydrogens (tertiary/aromatic N) is 1. The Kier molecular flexibility index (Phi) is 4.74. The van der Waals surface area contributed by atoms with Crippen LogP contribution in [-0.2, 0) is 9.59 Å². The lowest BCUT2D eigenvalue weighted by atomic mass is 10.2. The topological polar surface area (TPSA) is 61.4 Å². The first-order valence-corrected chi connectivity index (χ1v) is 8.40. The van der Waals surface area contributed by atoms with Crippen molar-refractivity contribution in [1.82, 2.24) is 0 Å². The predicted molar refractivity (Wildman–Crippen MR) is 101 cm³/mol. The first-order valence-electron chi connectivity index (χ1n) is 8.40. The third-order valence-electron chi connectivity index (χ3n) is 4.40. The molecule has 5 heteroatoms. The number of hydrogen-bond donors (Lipinski definition) is 2. The number of benzene rings is 2. The fraction of sp³-hybridized carbons (Fsp3) is 0.300. The van der Waals surface area contributed by atoms with Gasteiger partial charge < -0.3 is 15.5 Å². The summed E-state index contributed by atoms with van der Waals surface area (Å²) in [7, 11) is 3.93. The highest BCUT2D eigenvalue weighted by Crippen LogP contribution is 2.40. The summed E-state index contributed by atoms with van der Waals surface area (Å²) < 4.78 is 0. The van der Waals surface area contributed by atoms with E-state index in [0.717, 1.165) is 22.6 Å². The normalized spacial score (nSPS) is 18.4. The molecule has 2 atom stereocenters. The Bertz CT molecular complexity index is 784. The molecule has 0 radical (unpaired) electrons. The molecule has 0 spiro atoms. The van der Waals surface area contributed by atoms with Crippen LogP contribution in [0.3, 0.4) is 0 Å². The van der Waals surface area contributed by atoms with E-state index in [1.807, 2.05) is 74.4 Å². The van der Waals surface area contributed by atoms with E-state index in [2.05, 4.69) is 10.6 Å². The quantitative estimate of drug-likeness (QED) is 0.880. The predicted octanol–water partition coefficient (Wildman–Crippen LogP) is 3.27. The van der Waals surface area contributed by atoms with Crippen molar-refractivity contribution in [2.45, 2.75) is 13.3 Å². The van der Waals surface area contributed by atoms with Crippen LogP contribution in [0.1, 0.15) is 12.0 Å². The number of amides is 2. The number of carbonyl (C=O) groups excluding carboxylic acids is 2. The van der Waals surface area contributed by atoms with Crippen LogP contribution in [0, 0.1) is 18.8 Å². The Morgan fingerprint density at radius 2 is 1.52 bits per heavy atom. The summed E-state index contributed by atoms with van der Waals surface area (Å²) in [5.41, 5.74) is 3.68. The Balaban J connectivity index is 1.54. The molecule has 1 aliphatic rings. The van der Waals surface area contributed by atoms with Crippen molar-refractivity contribution in [2.24, 2.45) is 11.8 Å². The van der Waals surface area contributed by atoms with Crippen molar-refractivity contribution in [3.8, 4) is 0 Å². The maximum absolute atomic E-state index is 12.3. The van der Waals surface area contributed by atoms with Crippen LogP contribution in [0.2, 0.25) is 0 Å². The molecule has 2 N–H and O–H groups in total. The second-order valence-corrected chi connectivity index (χ2v) is 6.74. The van der Waals surface area contributed by atoms with Gasteiger partial charge in [-0.15, -0.1) is 0 Å². The Morgan fingerprint density at radius 3 is 2.08 bits per heavy atom. The summed E-state index contributed by atoms with van der Waals surface area (Å²) in [6.07, 6.45) is 0.596. The molecule has 2 amide bonds. The summed E-state index contributed by atoms with van der Waals surface area (Å²) >= 11 is 0. The highest BCUT2D eigenvalue weighted by atomic mass is 16.2. The van der Waals surface area contributed by atoms with Crippen LogP contribution in [-0.4, -0.2) is 25.9 Å². The van der Waals surface area contributed by atoms with E-state index in [9.17, 15) is 9.59 Å². The Labute approximate surface area is 148 Å². The molecule has 5 nitrogen and oxygen atoms in total. The molecule has 3 rings (SSSR count). The van der Waals surface area contributed by atoms with Crippen molar-refractivity contribution < 1.29 is 9.59 Å². The van der Waals surface area contributed by atoms with E-state index < -0.39 is 0 Å². The van der Waals surface area contributed by atoms with E-state index >= 15 is 0 Å². The van der Waals surface area contributed by atoms with Gasteiger partial charge >= 0.3 is 0 Å². The molecular weight excluding hydrogens is 314 g/mol. The third kappa shape index (κ3) is 4.18. The van der Waals surface area contributed by atoms with Gasteiger partial charge in [0.05, 0.1) is 11.8 Å². The number of anilines is 3. The van der Waals surface area contributed by atoms with Gasteiger partial charge in [-0.25, -0.2) is 0 Å². The van der Waals surface area contributed by atoms with Crippen LogP contribution in [0.4, 0.5) is 17.1 Å². The first-order chi connectivity index (χ1) is 11.9. The monoisotopic (exact) mass is 337 g/mol. The Hall–Kier alpha value is -2.82. The van der Waals surface area contributed by atoms with Gasteiger partial charge in [-0.1, -0.05) is 12.1 Å². The van der Waals surface area contributed by atoms with Crippen LogP contribution in [0.25, 0.3) is 0 Å². The van der Waals surface area contributed by atoms with Crippen molar-refractivity contribution >= 4 is 28.9 Å². The van der Waals surface area contributed by atoms with Crippen LogP contribution < -0.4 is 15.5 Å². The lowest BCUT2D eigenvalue weighted by Crippen LogP contribution is -2.20. The molecule has 25 heavy (non-hydrogen) atoms. The molecule has 2 aromatic rings. The van der Waals surface area contributed by atoms with E-state index in [4.69, 9.17) is 0 Å². The highest BCUT2D eigenvalue weighted by Gasteiger charge is 2.48. The van der Waals surface area contributed by atoms with Crippen LogP contribution >= 0.6 is 0 Å². The van der Waals surface area contributed by atoms with Crippen molar-refractivity contribution in [3.05, 3.63) is 54.1 Å². The number of hydrogen-bond acceptors (Lipinski definition) is 3. The molecule has 0 saturated heterocycles. The summed E-state index contributed by atoms with van der Waals surface area (Å²) in [5.74, 6) is -0.685. The maximum atomic E-state index is 12.3. The average Bonchev–Trinajstić information content (AvgIpc) is 3.36. The highest BCUT2D eigenvalue weighted by molar-refractivity contribution is 6.03. The maximum Gasteiger partial charge on any atom is 0.228 e. The molecule has 0 aromatic heterocycles. The van der Waals surface area contributed by atoms with Gasteiger partial charge in [-0.3, -0.25) is 9.59 Å². The van der Waals surface area contributed by atoms with E-state index in [-0.39, 0.29) is 23.7 Å². The van der Waals surface area contributed by atoms with Gasteiger partial charge in [-0.2, -0.15) is 0 Å². The zero-order valence-corrected chi connectivity index (χ0v) is 14.7. The largest absolute Gasteiger partial charge is 0.378 e. The molecule has 2 aromatic carbocycles. The molecule has 0 aliphatic heterocycles. The summed E-state index contributed by atoms with van der Waals surface area (Å²) in [6, 6.07) is 15.3. The second kappa shape index (κ2) is 6.97. The fourth-order valence-electron chi connectivity index (χ4n) is 2.81. The van der Waals surface area contributed by atoms with Gasteiger partial charge in [0, 0.05) is 31.2 Å². The molecule has 2 unspecified atom stereocenters. The molecule has 1 aliphatic carbocycles. The van der Waals surface area contributed by atoms with Crippen molar-refractivity contribution in [3.63, 3.8) is 0 Å². The third-order valence-corrected chi connectivity index (χ3v) is 4.40. The van der Waals surface area contributed by atoms with Gasteiger partial charge in [0.15, 0.2) is 0 Å². The van der Waals surface area contributed by atoms with E-state index in [1.54, 1.807) is 0 Å². The first kappa shape index (κ1) is 17.0. The SMILES string of the molecule is Cc1cccc(NC(=O)C2CC2C(=O)Nc2ccc(N(C)C)cc2)c1. The fourth-order valence-corrected chi connectivity index (χ4v) is 2.81. The number of nitrogens with one attached hydrogen (secondary N) is 2. The van der Waals surface area contributed by atoms with Gasteiger partial charge in [0.1, 0.15) is 0 Å². The second-order valence-electron chi connectivity index (χ2n) is 6.74. The minimum absolute atomic E-state index is 0.0892. The zero-order chi connectivity index (χ0) is 18.0. The minimum atomic E-state index is -0.252. The lowest BCUT2D eigenvalue weighted by molar-refractivity contribution is -0.122. The van der Waals surface area contributed by atoms with Crippen LogP contribution in [0.5, 0.6) is 0 Å². The Morgan fingerprint density at radius 1 is 0.920 bits per heavy atom. The summed E-state index contributed by atoms with van der Waals surface area (Å²) in [6.45, 7) is 1.98. The molecule has 0 heterocycles. The molecule has 1 fully saturated rings. The van der Waals surface area contributed by atoms with Gasteiger partial charge in [0.2, 0.25) is 11.8 Å². The molecule has 1 saturated carbocycles. The number of carbonyl (C=O) groups is 2. The van der Waals surface area contributed by atoms with E-state index in [0.29, 0.717) is 6.42 Å². The number of rotatable bonds is 5. The summed E-state index contributed by atoms with van der Waals surface area (Å²) in [4.78, 5) is 26.6. The average molecular weight is 337 g/mol. The molecule has 130 valence electrons. The van der Waals surface area contributed by atoms with Crippen molar-refractivity contribution in [2.75, 3.05) is 29.6 Å². The van der Waals surface area contributed by atoms with Crippen LogP contribution in [0.15, 0.2) is 48.5 Å². The molecule has 0 bridgehead atoms.